The number of anilines is 1. The predicted octanol–water partition coefficient (Wildman–Crippen LogP) is 2.94. The van der Waals surface area contributed by atoms with Gasteiger partial charge in [-0.15, -0.1) is 0 Å². The minimum absolute atomic E-state index is 0.111. The molecule has 2 N–H and O–H groups in total. The number of halogens is 1. The van der Waals surface area contributed by atoms with Gasteiger partial charge in [0.15, 0.2) is 0 Å². The highest BCUT2D eigenvalue weighted by atomic mass is 32.1. The first-order chi connectivity index (χ1) is 8.49. The SMILES string of the molecule is CC1CCN(c2ccc(C(N)=S)c(F)c2)CC1C. The van der Waals surface area contributed by atoms with Crippen molar-refractivity contribution in [2.24, 2.45) is 17.6 Å². The van der Waals surface area contributed by atoms with Crippen molar-refractivity contribution < 1.29 is 4.39 Å². The van der Waals surface area contributed by atoms with Gasteiger partial charge in [0.05, 0.1) is 0 Å². The summed E-state index contributed by atoms with van der Waals surface area (Å²) < 4.78 is 13.8. The highest BCUT2D eigenvalue weighted by molar-refractivity contribution is 7.80. The summed E-state index contributed by atoms with van der Waals surface area (Å²) in [5.41, 5.74) is 6.71. The molecule has 0 radical (unpaired) electrons. The summed E-state index contributed by atoms with van der Waals surface area (Å²) in [7, 11) is 0. The molecular formula is C14H19FN2S. The van der Waals surface area contributed by atoms with E-state index < -0.39 is 0 Å². The van der Waals surface area contributed by atoms with Crippen LogP contribution in [0.15, 0.2) is 18.2 Å². The van der Waals surface area contributed by atoms with Crippen LogP contribution in [0.2, 0.25) is 0 Å². The Kier molecular flexibility index (Phi) is 3.85. The van der Waals surface area contributed by atoms with Crippen LogP contribution in [0.5, 0.6) is 0 Å². The standard InChI is InChI=1S/C14H19FN2S/c1-9-5-6-17(8-10(9)2)11-3-4-12(14(16)18)13(15)7-11/h3-4,7,9-10H,5-6,8H2,1-2H3,(H2,16,18). The first kappa shape index (κ1) is 13.3. The van der Waals surface area contributed by atoms with Crippen LogP contribution in [-0.4, -0.2) is 18.1 Å². The summed E-state index contributed by atoms with van der Waals surface area (Å²) in [4.78, 5) is 2.34. The Balaban J connectivity index is 2.19. The minimum Gasteiger partial charge on any atom is -0.389 e. The number of piperidine rings is 1. The van der Waals surface area contributed by atoms with Crippen LogP contribution in [0.25, 0.3) is 0 Å². The Hall–Kier alpha value is -1.16. The van der Waals surface area contributed by atoms with Crippen molar-refractivity contribution in [1.82, 2.24) is 0 Å². The second-order valence-corrected chi connectivity index (χ2v) is 5.66. The molecule has 0 aliphatic carbocycles. The van der Waals surface area contributed by atoms with Gasteiger partial charge in [0.2, 0.25) is 0 Å². The summed E-state index contributed by atoms with van der Waals surface area (Å²) in [6, 6.07) is 5.12. The van der Waals surface area contributed by atoms with E-state index in [-0.39, 0.29) is 10.8 Å². The van der Waals surface area contributed by atoms with Crippen molar-refractivity contribution in [1.29, 1.82) is 0 Å². The molecular weight excluding hydrogens is 247 g/mol. The van der Waals surface area contributed by atoms with Gasteiger partial charge in [0.1, 0.15) is 10.8 Å². The number of hydrogen-bond acceptors (Lipinski definition) is 2. The maximum Gasteiger partial charge on any atom is 0.135 e. The lowest BCUT2D eigenvalue weighted by Gasteiger charge is -2.36. The number of nitrogens with zero attached hydrogens (tertiary/aromatic N) is 1. The van der Waals surface area contributed by atoms with Gasteiger partial charge in [-0.1, -0.05) is 26.1 Å². The minimum atomic E-state index is -0.328. The lowest BCUT2D eigenvalue weighted by molar-refractivity contribution is 0.324. The van der Waals surface area contributed by atoms with Crippen LogP contribution in [0.1, 0.15) is 25.8 Å². The van der Waals surface area contributed by atoms with Crippen molar-refractivity contribution >= 4 is 22.9 Å². The van der Waals surface area contributed by atoms with Crippen molar-refractivity contribution in [2.45, 2.75) is 20.3 Å². The number of nitrogens with two attached hydrogens (primary N) is 1. The average molecular weight is 266 g/mol. The van der Waals surface area contributed by atoms with E-state index in [4.69, 9.17) is 18.0 Å². The molecule has 1 aromatic carbocycles. The first-order valence-corrected chi connectivity index (χ1v) is 6.74. The summed E-state index contributed by atoms with van der Waals surface area (Å²) in [6.45, 7) is 6.49. The number of rotatable bonds is 2. The van der Waals surface area contributed by atoms with Gasteiger partial charge >= 0.3 is 0 Å². The average Bonchev–Trinajstić information content (AvgIpc) is 2.32. The predicted molar refractivity (Wildman–Crippen MR) is 77.4 cm³/mol. The zero-order valence-corrected chi connectivity index (χ0v) is 11.6. The molecule has 1 aliphatic heterocycles. The Labute approximate surface area is 113 Å². The van der Waals surface area contributed by atoms with Gasteiger partial charge in [0.25, 0.3) is 0 Å². The van der Waals surface area contributed by atoms with E-state index in [1.807, 2.05) is 6.07 Å². The van der Waals surface area contributed by atoms with E-state index in [2.05, 4.69) is 18.7 Å². The Morgan fingerprint density at radius 1 is 1.39 bits per heavy atom. The fraction of sp³-hybridized carbons (Fsp3) is 0.500. The maximum atomic E-state index is 13.8. The molecule has 0 saturated carbocycles. The van der Waals surface area contributed by atoms with E-state index in [9.17, 15) is 4.39 Å². The fourth-order valence-electron chi connectivity index (χ4n) is 2.40. The first-order valence-electron chi connectivity index (χ1n) is 6.33. The zero-order chi connectivity index (χ0) is 13.3. The largest absolute Gasteiger partial charge is 0.389 e. The molecule has 1 aliphatic rings. The van der Waals surface area contributed by atoms with Crippen molar-refractivity contribution in [2.75, 3.05) is 18.0 Å². The molecule has 4 heteroatoms. The zero-order valence-electron chi connectivity index (χ0n) is 10.8. The molecule has 98 valence electrons. The van der Waals surface area contributed by atoms with E-state index >= 15 is 0 Å². The highest BCUT2D eigenvalue weighted by Crippen LogP contribution is 2.27. The summed E-state index contributed by atoms with van der Waals surface area (Å²) in [5, 5.41) is 0. The molecule has 1 saturated heterocycles. The second-order valence-electron chi connectivity index (χ2n) is 5.22. The van der Waals surface area contributed by atoms with E-state index in [0.29, 0.717) is 11.5 Å². The maximum absolute atomic E-state index is 13.8. The smallest absolute Gasteiger partial charge is 0.135 e. The Bertz CT molecular complexity index is 461. The van der Waals surface area contributed by atoms with Crippen molar-refractivity contribution in [3.05, 3.63) is 29.6 Å². The molecule has 0 amide bonds. The van der Waals surface area contributed by atoms with Crippen LogP contribution in [0.3, 0.4) is 0 Å². The number of hydrogen-bond donors (Lipinski definition) is 1. The molecule has 18 heavy (non-hydrogen) atoms. The quantitative estimate of drug-likeness (QED) is 0.835. The number of benzene rings is 1. The van der Waals surface area contributed by atoms with Crippen molar-refractivity contribution in [3.63, 3.8) is 0 Å². The lowest BCUT2D eigenvalue weighted by Crippen LogP contribution is -2.38. The molecule has 2 rings (SSSR count). The van der Waals surface area contributed by atoms with Gasteiger partial charge in [-0.05, 0) is 36.5 Å². The van der Waals surface area contributed by atoms with Gasteiger partial charge in [0, 0.05) is 24.3 Å². The fourth-order valence-corrected chi connectivity index (χ4v) is 2.56. The summed E-state index contributed by atoms with van der Waals surface area (Å²) in [5.74, 6) is 1.05. The molecule has 2 nitrogen and oxygen atoms in total. The molecule has 2 unspecified atom stereocenters. The second kappa shape index (κ2) is 5.22. The molecule has 1 fully saturated rings. The number of thiocarbonyl (C=S) groups is 1. The van der Waals surface area contributed by atoms with Crippen LogP contribution in [0.4, 0.5) is 10.1 Å². The third-order valence-corrected chi connectivity index (χ3v) is 4.14. The van der Waals surface area contributed by atoms with Gasteiger partial charge in [-0.3, -0.25) is 0 Å². The summed E-state index contributed by atoms with van der Waals surface area (Å²) in [6.07, 6.45) is 1.15. The van der Waals surface area contributed by atoms with Crippen LogP contribution in [-0.2, 0) is 0 Å². The van der Waals surface area contributed by atoms with Crippen LogP contribution in [0, 0.1) is 17.7 Å². The molecule has 0 spiro atoms. The monoisotopic (exact) mass is 266 g/mol. The Morgan fingerprint density at radius 3 is 2.67 bits per heavy atom. The van der Waals surface area contributed by atoms with E-state index in [0.717, 1.165) is 31.1 Å². The third kappa shape index (κ3) is 2.64. The van der Waals surface area contributed by atoms with Gasteiger partial charge < -0.3 is 10.6 Å². The normalized spacial score (nSPS) is 24.1. The van der Waals surface area contributed by atoms with Crippen LogP contribution >= 0.6 is 12.2 Å². The highest BCUT2D eigenvalue weighted by Gasteiger charge is 2.23. The van der Waals surface area contributed by atoms with Crippen molar-refractivity contribution in [3.8, 4) is 0 Å². The van der Waals surface area contributed by atoms with Gasteiger partial charge in [-0.2, -0.15) is 0 Å². The molecule has 1 heterocycles. The molecule has 0 aromatic heterocycles. The van der Waals surface area contributed by atoms with E-state index in [1.54, 1.807) is 6.07 Å². The Morgan fingerprint density at radius 2 is 2.11 bits per heavy atom. The van der Waals surface area contributed by atoms with Crippen LogP contribution < -0.4 is 10.6 Å². The molecule has 0 bridgehead atoms. The third-order valence-electron chi connectivity index (χ3n) is 3.92. The molecule has 1 aromatic rings. The summed E-state index contributed by atoms with van der Waals surface area (Å²) >= 11 is 4.81. The topological polar surface area (TPSA) is 29.3 Å². The lowest BCUT2D eigenvalue weighted by atomic mass is 9.88. The van der Waals surface area contributed by atoms with Gasteiger partial charge in [-0.25, -0.2) is 4.39 Å². The molecule has 2 atom stereocenters. The van der Waals surface area contributed by atoms with E-state index in [1.165, 1.54) is 6.07 Å².